The van der Waals surface area contributed by atoms with Gasteiger partial charge in [-0.15, -0.1) is 3.89 Å². The summed E-state index contributed by atoms with van der Waals surface area (Å²) in [6.07, 6.45) is 0. The van der Waals surface area contributed by atoms with Crippen LogP contribution in [0, 0.1) is 0 Å². The number of carbonyl (C=O) groups excluding carboxylic acids is 2. The van der Waals surface area contributed by atoms with Gasteiger partial charge in [0.15, 0.2) is 0 Å². The number of carbonyl (C=O) groups is 2. The minimum absolute atomic E-state index is 0.636. The molecule has 1 saturated heterocycles. The van der Waals surface area contributed by atoms with Gasteiger partial charge in [0.05, 0.1) is 0 Å². The van der Waals surface area contributed by atoms with E-state index in [1.54, 1.807) is 0 Å². The molecule has 1 heterocycles. The molecule has 1 unspecified atom stereocenters. The van der Waals surface area contributed by atoms with E-state index in [0.717, 1.165) is 9.80 Å². The van der Waals surface area contributed by atoms with Crippen LogP contribution in [0.3, 0.4) is 0 Å². The van der Waals surface area contributed by atoms with Gasteiger partial charge < -0.3 is 4.90 Å². The molecule has 0 radical (unpaired) electrons. The zero-order chi connectivity index (χ0) is 11.1. The summed E-state index contributed by atoms with van der Waals surface area (Å²) in [5.74, 6) is -1.70. The fraction of sp³-hybridized carbons (Fsp3) is 0.667. The fourth-order valence-corrected chi connectivity index (χ4v) is 1.97. The Morgan fingerprint density at radius 2 is 1.86 bits per heavy atom. The van der Waals surface area contributed by atoms with E-state index in [1.165, 1.54) is 14.1 Å². The highest BCUT2D eigenvalue weighted by Gasteiger charge is 2.43. The van der Waals surface area contributed by atoms with Crippen LogP contribution in [0.15, 0.2) is 0 Å². The topological polar surface area (TPSA) is 74.8 Å². The molecule has 6 nitrogen and oxygen atoms in total. The van der Waals surface area contributed by atoms with E-state index in [0.29, 0.717) is 0 Å². The Labute approximate surface area is 80.5 Å². The lowest BCUT2D eigenvalue weighted by Gasteiger charge is -2.13. The number of hydrogen-bond acceptors (Lipinski definition) is 4. The SMILES string of the molecule is CN1C(=O)C(CS(=O)(=O)F)N(C)C1=O. The van der Waals surface area contributed by atoms with Gasteiger partial charge in [0.1, 0.15) is 11.8 Å². The summed E-state index contributed by atoms with van der Waals surface area (Å²) in [5.41, 5.74) is 0. The number of amides is 3. The van der Waals surface area contributed by atoms with Crippen molar-refractivity contribution in [1.82, 2.24) is 9.80 Å². The van der Waals surface area contributed by atoms with Crippen LogP contribution in [0.1, 0.15) is 0 Å². The van der Waals surface area contributed by atoms with Crippen LogP contribution in [0.5, 0.6) is 0 Å². The lowest BCUT2D eigenvalue weighted by Crippen LogP contribution is -2.36. The van der Waals surface area contributed by atoms with Gasteiger partial charge in [0, 0.05) is 14.1 Å². The minimum Gasteiger partial charge on any atom is -0.314 e. The third-order valence-corrected chi connectivity index (χ3v) is 2.74. The van der Waals surface area contributed by atoms with E-state index in [-0.39, 0.29) is 0 Å². The van der Waals surface area contributed by atoms with Crippen molar-refractivity contribution in [2.45, 2.75) is 6.04 Å². The first-order valence-electron chi connectivity index (χ1n) is 3.70. The Kier molecular flexibility index (Phi) is 2.49. The highest BCUT2D eigenvalue weighted by molar-refractivity contribution is 7.86. The number of rotatable bonds is 2. The van der Waals surface area contributed by atoms with Crippen LogP contribution in [-0.4, -0.2) is 56.0 Å². The second kappa shape index (κ2) is 3.19. The molecule has 1 fully saturated rings. The maximum Gasteiger partial charge on any atom is 0.326 e. The normalized spacial score (nSPS) is 23.5. The van der Waals surface area contributed by atoms with Crippen LogP contribution < -0.4 is 0 Å². The van der Waals surface area contributed by atoms with Gasteiger partial charge in [-0.1, -0.05) is 0 Å². The van der Waals surface area contributed by atoms with E-state index < -0.39 is 34.0 Å². The molecular formula is C6H9FN2O4S. The third kappa shape index (κ3) is 1.84. The Balaban J connectivity index is 2.91. The summed E-state index contributed by atoms with van der Waals surface area (Å²) in [5, 5.41) is 0. The molecule has 1 rings (SSSR count). The molecule has 0 aromatic rings. The van der Waals surface area contributed by atoms with Gasteiger partial charge in [-0.2, -0.15) is 8.42 Å². The first kappa shape index (κ1) is 10.9. The fourth-order valence-electron chi connectivity index (χ4n) is 1.23. The molecule has 0 aliphatic carbocycles. The van der Waals surface area contributed by atoms with Crippen molar-refractivity contribution in [3.8, 4) is 0 Å². The van der Waals surface area contributed by atoms with E-state index in [9.17, 15) is 21.9 Å². The van der Waals surface area contributed by atoms with Gasteiger partial charge >= 0.3 is 16.3 Å². The molecule has 8 heteroatoms. The zero-order valence-electron chi connectivity index (χ0n) is 7.60. The molecule has 0 aromatic heterocycles. The molecule has 3 amide bonds. The van der Waals surface area contributed by atoms with Gasteiger partial charge in [-0.25, -0.2) is 4.79 Å². The second-order valence-corrected chi connectivity index (χ2v) is 4.42. The summed E-state index contributed by atoms with van der Waals surface area (Å²) in [6.45, 7) is 0. The molecule has 1 aliphatic heterocycles. The van der Waals surface area contributed by atoms with Gasteiger partial charge in [-0.3, -0.25) is 9.69 Å². The minimum atomic E-state index is -4.76. The molecule has 0 N–H and O–H groups in total. The van der Waals surface area contributed by atoms with Crippen LogP contribution in [0.25, 0.3) is 0 Å². The average Bonchev–Trinajstić information content (AvgIpc) is 2.20. The van der Waals surface area contributed by atoms with Crippen molar-refractivity contribution in [2.24, 2.45) is 0 Å². The second-order valence-electron chi connectivity index (χ2n) is 3.01. The summed E-state index contributed by atoms with van der Waals surface area (Å²) in [6, 6.07) is -1.88. The van der Waals surface area contributed by atoms with Crippen molar-refractivity contribution in [1.29, 1.82) is 0 Å². The largest absolute Gasteiger partial charge is 0.326 e. The number of halogens is 1. The lowest BCUT2D eigenvalue weighted by atomic mass is 10.3. The van der Waals surface area contributed by atoms with Crippen molar-refractivity contribution < 1.29 is 21.9 Å². The molecule has 0 spiro atoms. The van der Waals surface area contributed by atoms with E-state index in [4.69, 9.17) is 0 Å². The number of likely N-dealkylation sites (N-methyl/N-ethyl adjacent to an activating group) is 2. The Bertz CT molecular complexity index is 379. The predicted molar refractivity (Wildman–Crippen MR) is 44.6 cm³/mol. The van der Waals surface area contributed by atoms with E-state index in [2.05, 4.69) is 0 Å². The Hall–Kier alpha value is -1.18. The maximum atomic E-state index is 12.3. The quantitative estimate of drug-likeness (QED) is 0.453. The molecule has 1 aliphatic rings. The molecule has 0 bridgehead atoms. The van der Waals surface area contributed by atoms with Crippen molar-refractivity contribution in [3.63, 3.8) is 0 Å². The first-order chi connectivity index (χ1) is 6.24. The third-order valence-electron chi connectivity index (χ3n) is 2.03. The van der Waals surface area contributed by atoms with Crippen LogP contribution in [0.4, 0.5) is 8.68 Å². The van der Waals surface area contributed by atoms with E-state index >= 15 is 0 Å². The summed E-state index contributed by atoms with van der Waals surface area (Å²) in [7, 11) is -2.30. The number of hydrogen-bond donors (Lipinski definition) is 0. The lowest BCUT2D eigenvalue weighted by molar-refractivity contribution is -0.126. The molecule has 1 atom stereocenters. The van der Waals surface area contributed by atoms with Crippen LogP contribution >= 0.6 is 0 Å². The molecule has 0 aromatic carbocycles. The van der Waals surface area contributed by atoms with Crippen molar-refractivity contribution >= 4 is 22.2 Å². The number of nitrogens with zero attached hydrogens (tertiary/aromatic N) is 2. The molecular weight excluding hydrogens is 215 g/mol. The zero-order valence-corrected chi connectivity index (χ0v) is 8.41. The highest BCUT2D eigenvalue weighted by atomic mass is 32.3. The van der Waals surface area contributed by atoms with Crippen LogP contribution in [0.2, 0.25) is 0 Å². The molecule has 14 heavy (non-hydrogen) atoms. The highest BCUT2D eigenvalue weighted by Crippen LogP contribution is 2.15. The van der Waals surface area contributed by atoms with Crippen LogP contribution in [-0.2, 0) is 15.0 Å². The monoisotopic (exact) mass is 224 g/mol. The predicted octanol–water partition coefficient (Wildman–Crippen LogP) is -0.822. The molecule has 0 saturated carbocycles. The molecule has 80 valence electrons. The van der Waals surface area contributed by atoms with Crippen molar-refractivity contribution in [2.75, 3.05) is 19.8 Å². The Morgan fingerprint density at radius 1 is 1.36 bits per heavy atom. The maximum absolute atomic E-state index is 12.3. The Morgan fingerprint density at radius 3 is 2.14 bits per heavy atom. The average molecular weight is 224 g/mol. The van der Waals surface area contributed by atoms with Gasteiger partial charge in [0.2, 0.25) is 0 Å². The van der Waals surface area contributed by atoms with Gasteiger partial charge in [0.25, 0.3) is 5.91 Å². The van der Waals surface area contributed by atoms with Crippen molar-refractivity contribution in [3.05, 3.63) is 0 Å². The summed E-state index contributed by atoms with van der Waals surface area (Å²) >= 11 is 0. The standard InChI is InChI=1S/C6H9FN2O4S/c1-8-4(3-14(7,12)13)5(10)9(2)6(8)11/h4H,3H2,1-2H3. The smallest absolute Gasteiger partial charge is 0.314 e. The first-order valence-corrected chi connectivity index (χ1v) is 5.26. The number of imide groups is 1. The summed E-state index contributed by atoms with van der Waals surface area (Å²) in [4.78, 5) is 24.0. The van der Waals surface area contributed by atoms with E-state index in [1.807, 2.05) is 0 Å². The number of urea groups is 1. The van der Waals surface area contributed by atoms with Gasteiger partial charge in [-0.05, 0) is 0 Å². The summed E-state index contributed by atoms with van der Waals surface area (Å²) < 4.78 is 32.9.